The van der Waals surface area contributed by atoms with Crippen LogP contribution in [0, 0.1) is 11.3 Å². The zero-order chi connectivity index (χ0) is 29.1. The van der Waals surface area contributed by atoms with E-state index in [9.17, 15) is 35.6 Å². The summed E-state index contributed by atoms with van der Waals surface area (Å²) in [6, 6.07) is 6.16. The van der Waals surface area contributed by atoms with E-state index >= 15 is 0 Å². The van der Waals surface area contributed by atoms with Gasteiger partial charge in [0.25, 0.3) is 12.9 Å². The normalized spacial score (nSPS) is 18.4. The van der Waals surface area contributed by atoms with E-state index < -0.39 is 39.7 Å². The van der Waals surface area contributed by atoms with Gasteiger partial charge in [0.05, 0.1) is 21.9 Å². The molecule has 0 bridgehead atoms. The number of piperazine rings is 1. The topological polar surface area (TPSA) is 133 Å². The Morgan fingerprint density at radius 2 is 1.78 bits per heavy atom. The number of hydrogen-bond donors (Lipinski definition) is 1. The zero-order valence-corrected chi connectivity index (χ0v) is 22.5. The van der Waals surface area contributed by atoms with Gasteiger partial charge in [0.1, 0.15) is 17.7 Å². The second kappa shape index (κ2) is 10.1. The predicted molar refractivity (Wildman–Crippen MR) is 137 cm³/mol. The molecule has 1 atom stereocenters. The number of anilines is 1. The van der Waals surface area contributed by atoms with E-state index in [1.54, 1.807) is 4.90 Å². The highest BCUT2D eigenvalue weighted by molar-refractivity contribution is 7.89. The number of hydrogen-bond acceptors (Lipinski definition) is 10. The molecule has 41 heavy (non-hydrogen) atoms. The third-order valence-corrected chi connectivity index (χ3v) is 9.53. The monoisotopic (exact) mass is 613 g/mol. The second-order valence-electron chi connectivity index (χ2n) is 9.66. The first-order valence-electron chi connectivity index (χ1n) is 12.3. The molecule has 2 fully saturated rings. The fraction of sp³-hybridized carbons (Fsp3) is 0.435. The summed E-state index contributed by atoms with van der Waals surface area (Å²) < 4.78 is 96.6. The summed E-state index contributed by atoms with van der Waals surface area (Å²) >= 11 is 0.602. The third kappa shape index (κ3) is 4.86. The number of nitrogens with one attached hydrogen (secondary N) is 1. The second-order valence-corrected chi connectivity index (χ2v) is 12.3. The summed E-state index contributed by atoms with van der Waals surface area (Å²) in [6.07, 6.45) is -6.44. The minimum Gasteiger partial charge on any atom is -0.353 e. The summed E-state index contributed by atoms with van der Waals surface area (Å²) in [4.78, 5) is 11.4. The van der Waals surface area contributed by atoms with Crippen molar-refractivity contribution in [1.82, 2.24) is 34.4 Å². The lowest BCUT2D eigenvalue weighted by molar-refractivity contribution is -0.0505. The van der Waals surface area contributed by atoms with E-state index in [4.69, 9.17) is 0 Å². The van der Waals surface area contributed by atoms with Crippen LogP contribution in [-0.4, -0.2) is 82.5 Å². The largest absolute Gasteiger partial charge is 0.353 e. The van der Waals surface area contributed by atoms with Crippen molar-refractivity contribution in [3.8, 4) is 11.2 Å². The molecule has 1 saturated heterocycles. The van der Waals surface area contributed by atoms with Crippen LogP contribution in [0.5, 0.6) is 0 Å². The summed E-state index contributed by atoms with van der Waals surface area (Å²) in [5.74, 6) is 0.375. The average Bonchev–Trinajstić information content (AvgIpc) is 3.39. The minimum absolute atomic E-state index is 0.00149. The number of aromatic nitrogens is 5. The molecule has 18 heteroatoms. The number of fused-ring (bicyclic) bond motifs is 3. The number of halogens is 5. The van der Waals surface area contributed by atoms with E-state index in [1.807, 2.05) is 6.07 Å². The van der Waals surface area contributed by atoms with E-state index in [-0.39, 0.29) is 47.4 Å². The fourth-order valence-corrected chi connectivity index (χ4v) is 6.93. The van der Waals surface area contributed by atoms with Gasteiger partial charge in [-0.3, -0.25) is 9.47 Å². The first-order valence-corrected chi connectivity index (χ1v) is 14.6. The van der Waals surface area contributed by atoms with Gasteiger partial charge in [-0.1, -0.05) is 17.4 Å². The Kier molecular flexibility index (Phi) is 6.79. The van der Waals surface area contributed by atoms with Crippen molar-refractivity contribution in [3.63, 3.8) is 0 Å². The molecule has 4 aromatic rings. The van der Waals surface area contributed by atoms with Crippen LogP contribution in [0.2, 0.25) is 0 Å². The summed E-state index contributed by atoms with van der Waals surface area (Å²) in [5, 5.41) is 17.2. The Morgan fingerprint density at radius 1 is 1.05 bits per heavy atom. The average molecular weight is 614 g/mol. The third-order valence-electron chi connectivity index (χ3n) is 7.08. The lowest BCUT2D eigenvalue weighted by Gasteiger charge is -2.36. The molecule has 1 aromatic carbocycles. The van der Waals surface area contributed by atoms with Crippen molar-refractivity contribution in [1.29, 1.82) is 5.26 Å². The number of nitriles is 1. The highest BCUT2D eigenvalue weighted by Crippen LogP contribution is 2.40. The number of alkyl halides is 5. The molecule has 0 spiro atoms. The van der Waals surface area contributed by atoms with Gasteiger partial charge in [-0.25, -0.2) is 40.3 Å². The maximum Gasteiger partial charge on any atom is 0.291 e. The molecule has 1 aliphatic carbocycles. The van der Waals surface area contributed by atoms with Crippen molar-refractivity contribution in [3.05, 3.63) is 29.5 Å². The molecule has 2 aliphatic rings. The van der Waals surface area contributed by atoms with Gasteiger partial charge in [-0.15, -0.1) is 10.2 Å². The molecular weight excluding hydrogens is 593 g/mol. The number of nitrogens with zero attached hydrogens (tertiary/aromatic N) is 8. The first-order chi connectivity index (χ1) is 19.5. The Labute approximate surface area is 233 Å². The highest BCUT2D eigenvalue weighted by atomic mass is 32.2. The Hall–Kier alpha value is -3.53. The van der Waals surface area contributed by atoms with Crippen LogP contribution in [-0.2, 0) is 10.0 Å². The van der Waals surface area contributed by atoms with E-state index in [1.165, 1.54) is 29.1 Å². The van der Waals surface area contributed by atoms with Crippen molar-refractivity contribution >= 4 is 49.1 Å². The van der Waals surface area contributed by atoms with Crippen LogP contribution in [0.4, 0.5) is 27.8 Å². The van der Waals surface area contributed by atoms with Gasteiger partial charge >= 0.3 is 0 Å². The first kappa shape index (κ1) is 27.6. The lowest BCUT2D eigenvalue weighted by atomic mass is 10.2. The van der Waals surface area contributed by atoms with Crippen molar-refractivity contribution < 1.29 is 30.4 Å². The summed E-state index contributed by atoms with van der Waals surface area (Å²) in [6.45, 7) is 0.316. The van der Waals surface area contributed by atoms with Gasteiger partial charge in [0.2, 0.25) is 21.5 Å². The quantitative estimate of drug-likeness (QED) is 0.235. The van der Waals surface area contributed by atoms with Gasteiger partial charge in [0.15, 0.2) is 10.7 Å². The molecule has 6 rings (SSSR count). The molecule has 0 radical (unpaired) electrons. The molecular formula is C23H20F5N9O2S2. The number of rotatable bonds is 8. The summed E-state index contributed by atoms with van der Waals surface area (Å²) in [5.41, 5.74) is -0.697. The Morgan fingerprint density at radius 3 is 2.39 bits per heavy atom. The molecule has 11 nitrogen and oxygen atoms in total. The highest BCUT2D eigenvalue weighted by Gasteiger charge is 2.47. The minimum atomic E-state index is -4.14. The maximum absolute atomic E-state index is 13.9. The molecule has 0 amide bonds. The maximum atomic E-state index is 13.9. The van der Waals surface area contributed by atoms with Crippen molar-refractivity contribution in [2.45, 2.75) is 42.4 Å². The molecule has 4 heterocycles. The Bertz CT molecular complexity index is 1780. The molecule has 3 aromatic heterocycles. The number of benzene rings is 1. The van der Waals surface area contributed by atoms with Crippen LogP contribution < -0.4 is 9.62 Å². The van der Waals surface area contributed by atoms with E-state index in [0.717, 1.165) is 4.90 Å². The van der Waals surface area contributed by atoms with E-state index in [2.05, 4.69) is 24.9 Å². The molecule has 1 unspecified atom stereocenters. The predicted octanol–water partition coefficient (Wildman–Crippen LogP) is 3.38. The van der Waals surface area contributed by atoms with Gasteiger partial charge in [0, 0.05) is 31.6 Å². The van der Waals surface area contributed by atoms with Gasteiger partial charge in [-0.05, 0) is 25.0 Å². The van der Waals surface area contributed by atoms with E-state index in [0.29, 0.717) is 40.8 Å². The summed E-state index contributed by atoms with van der Waals surface area (Å²) in [7, 11) is -4.14. The van der Waals surface area contributed by atoms with Crippen LogP contribution in [0.3, 0.4) is 0 Å². The van der Waals surface area contributed by atoms with Gasteiger partial charge < -0.3 is 4.90 Å². The van der Waals surface area contributed by atoms with Gasteiger partial charge in [-0.2, -0.15) is 9.98 Å². The Balaban J connectivity index is 1.49. The molecule has 1 aliphatic heterocycles. The van der Waals surface area contributed by atoms with Crippen LogP contribution in [0.1, 0.15) is 24.3 Å². The van der Waals surface area contributed by atoms with Crippen LogP contribution >= 0.6 is 11.3 Å². The van der Waals surface area contributed by atoms with Crippen molar-refractivity contribution in [2.24, 2.45) is 0 Å². The fourth-order valence-electron chi connectivity index (χ4n) is 4.82. The van der Waals surface area contributed by atoms with Crippen LogP contribution in [0.15, 0.2) is 29.4 Å². The molecule has 216 valence electrons. The SMILES string of the molecule is N#CC1(NS(=O)(=O)c2ccc3c4c(N5CCN(C(F)C(F)F)CC5)ncnc4n(-c4nnc(C(F)F)s4)c3c2)CC1. The molecule has 1 N–H and O–H groups in total. The number of sulfonamides is 1. The van der Waals surface area contributed by atoms with Crippen LogP contribution in [0.25, 0.3) is 27.1 Å². The standard InChI is InChI=1S/C23H20F5N9O2S2/c24-16(25)18(28)35-5-7-36(8-6-35)19-15-13-2-1-12(41(38,39)34-23(10-29)3-4-23)9-14(13)37(20(15)31-11-30-19)22-33-32-21(40-22)17(26)27/h1-2,9,11,16-18,34H,3-8H2. The lowest BCUT2D eigenvalue weighted by Crippen LogP contribution is -2.51. The zero-order valence-electron chi connectivity index (χ0n) is 20.9. The molecule has 1 saturated carbocycles. The smallest absolute Gasteiger partial charge is 0.291 e. The van der Waals surface area contributed by atoms with Crippen molar-refractivity contribution in [2.75, 3.05) is 31.1 Å².